The summed E-state index contributed by atoms with van der Waals surface area (Å²) >= 11 is 0. The first-order chi connectivity index (χ1) is 12.6. The van der Waals surface area contributed by atoms with E-state index in [4.69, 9.17) is 0 Å². The van der Waals surface area contributed by atoms with Gasteiger partial charge in [0.05, 0.1) is 0 Å². The maximum atomic E-state index is 13.4. The van der Waals surface area contributed by atoms with Gasteiger partial charge < -0.3 is 15.2 Å². The standard InChI is InChI=1S/C18H18FN5O2/c19-13-3-1-2-11(6-13)12-8-23(9-12)18(26)24-16-14(21-17(24)25)7-20-15(22-16)10-4-5-10/h1-3,6-7,10,12,15,20H,4-5,8-9H2,(H,21,25). The predicted molar refractivity (Wildman–Crippen MR) is 91.5 cm³/mol. The first-order valence-electron chi connectivity index (χ1n) is 8.80. The summed E-state index contributed by atoms with van der Waals surface area (Å²) < 4.78 is 14.5. The molecule has 7 nitrogen and oxygen atoms in total. The summed E-state index contributed by atoms with van der Waals surface area (Å²) in [5.41, 5.74) is 0.783. The minimum Gasteiger partial charge on any atom is -0.368 e. The highest BCUT2D eigenvalue weighted by molar-refractivity contribution is 5.77. The number of nitrogens with one attached hydrogen (secondary N) is 2. The van der Waals surface area contributed by atoms with Crippen LogP contribution in [0.4, 0.5) is 9.18 Å². The van der Waals surface area contributed by atoms with Crippen molar-refractivity contribution in [2.45, 2.75) is 24.9 Å². The molecule has 1 aliphatic carbocycles. The summed E-state index contributed by atoms with van der Waals surface area (Å²) in [7, 11) is 0. The number of carbonyl (C=O) groups excluding carboxylic acids is 1. The number of hydrogen-bond acceptors (Lipinski definition) is 4. The van der Waals surface area contributed by atoms with Crippen molar-refractivity contribution in [3.05, 3.63) is 57.0 Å². The Morgan fingerprint density at radius 1 is 1.27 bits per heavy atom. The minimum absolute atomic E-state index is 0.0758. The van der Waals surface area contributed by atoms with E-state index >= 15 is 0 Å². The van der Waals surface area contributed by atoms with Crippen LogP contribution in [0.15, 0.2) is 34.1 Å². The Morgan fingerprint density at radius 3 is 2.81 bits per heavy atom. The number of aromatic amines is 1. The molecule has 1 unspecified atom stereocenters. The first-order valence-corrected chi connectivity index (χ1v) is 8.80. The van der Waals surface area contributed by atoms with Crippen molar-refractivity contribution in [3.8, 4) is 0 Å². The smallest absolute Gasteiger partial charge is 0.336 e. The molecule has 5 rings (SSSR count). The summed E-state index contributed by atoms with van der Waals surface area (Å²) in [5, 5.41) is 3.70. The van der Waals surface area contributed by atoms with Crippen LogP contribution in [0, 0.1) is 11.7 Å². The van der Waals surface area contributed by atoms with Crippen LogP contribution in [0.2, 0.25) is 0 Å². The average molecular weight is 355 g/mol. The molecule has 1 saturated carbocycles. The number of imidazole rings is 1. The minimum atomic E-state index is -0.479. The number of benzene rings is 1. The van der Waals surface area contributed by atoms with Crippen molar-refractivity contribution >= 4 is 12.2 Å². The lowest BCUT2D eigenvalue weighted by Crippen LogP contribution is -2.55. The van der Waals surface area contributed by atoms with E-state index in [0.717, 1.165) is 23.0 Å². The first kappa shape index (κ1) is 15.4. The molecule has 3 heterocycles. The van der Waals surface area contributed by atoms with Crippen LogP contribution >= 0.6 is 0 Å². The van der Waals surface area contributed by atoms with E-state index in [1.54, 1.807) is 17.2 Å². The van der Waals surface area contributed by atoms with Gasteiger partial charge in [-0.3, -0.25) is 0 Å². The molecule has 26 heavy (non-hydrogen) atoms. The van der Waals surface area contributed by atoms with E-state index in [-0.39, 0.29) is 23.9 Å². The van der Waals surface area contributed by atoms with Gasteiger partial charge in [-0.1, -0.05) is 12.1 Å². The van der Waals surface area contributed by atoms with Gasteiger partial charge in [-0.05, 0) is 36.5 Å². The maximum absolute atomic E-state index is 13.4. The molecule has 8 heteroatoms. The Kier molecular flexibility index (Phi) is 3.28. The van der Waals surface area contributed by atoms with Gasteiger partial charge in [-0.2, -0.15) is 4.57 Å². The second-order valence-electron chi connectivity index (χ2n) is 7.16. The summed E-state index contributed by atoms with van der Waals surface area (Å²) in [4.78, 5) is 33.9. The lowest BCUT2D eigenvalue weighted by atomic mass is 9.92. The van der Waals surface area contributed by atoms with Gasteiger partial charge in [0.15, 0.2) is 5.49 Å². The van der Waals surface area contributed by atoms with Crippen molar-refractivity contribution in [2.24, 2.45) is 10.9 Å². The number of carbonyl (C=O) groups is 1. The normalized spacial score (nSPS) is 21.9. The van der Waals surface area contributed by atoms with Crippen molar-refractivity contribution in [3.63, 3.8) is 0 Å². The third-order valence-corrected chi connectivity index (χ3v) is 5.29. The molecule has 1 amide bonds. The second kappa shape index (κ2) is 5.55. The molecular weight excluding hydrogens is 337 g/mol. The zero-order chi connectivity index (χ0) is 17.8. The number of aromatic nitrogens is 2. The molecule has 1 aromatic carbocycles. The molecule has 3 aliphatic rings. The van der Waals surface area contributed by atoms with Crippen LogP contribution < -0.4 is 21.8 Å². The van der Waals surface area contributed by atoms with Gasteiger partial charge in [-0.15, -0.1) is 0 Å². The van der Waals surface area contributed by atoms with Crippen molar-refractivity contribution in [1.82, 2.24) is 19.8 Å². The third-order valence-electron chi connectivity index (χ3n) is 5.29. The molecule has 1 saturated heterocycles. The monoisotopic (exact) mass is 355 g/mol. The zero-order valence-electron chi connectivity index (χ0n) is 14.0. The molecule has 0 radical (unpaired) electrons. The van der Waals surface area contributed by atoms with Crippen LogP contribution in [-0.4, -0.2) is 39.7 Å². The van der Waals surface area contributed by atoms with E-state index in [1.165, 1.54) is 12.1 Å². The fraction of sp³-hybridized carbons (Fsp3) is 0.389. The van der Waals surface area contributed by atoms with E-state index in [2.05, 4.69) is 15.3 Å². The fourth-order valence-electron chi connectivity index (χ4n) is 3.59. The van der Waals surface area contributed by atoms with E-state index in [9.17, 15) is 14.0 Å². The van der Waals surface area contributed by atoms with Crippen LogP contribution in [0.3, 0.4) is 0 Å². The number of halogens is 1. The highest BCUT2D eigenvalue weighted by Crippen LogP contribution is 2.33. The summed E-state index contributed by atoms with van der Waals surface area (Å²) in [6, 6.07) is 6.04. The molecule has 1 aromatic heterocycles. The molecule has 0 bridgehead atoms. The molecule has 2 aromatic rings. The number of fused-ring (bicyclic) bond motifs is 1. The molecule has 134 valence electrons. The van der Waals surface area contributed by atoms with E-state index < -0.39 is 5.69 Å². The zero-order valence-corrected chi connectivity index (χ0v) is 14.0. The summed E-state index contributed by atoms with van der Waals surface area (Å²) in [5.74, 6) is 0.273. The highest BCUT2D eigenvalue weighted by atomic mass is 19.1. The number of likely N-dealkylation sites (tertiary alicyclic amines) is 1. The number of nitrogens with zero attached hydrogens (tertiary/aromatic N) is 3. The number of hydrogen-bond donors (Lipinski definition) is 2. The molecular formula is C18H18FN5O2. The third kappa shape index (κ3) is 2.44. The highest BCUT2D eigenvalue weighted by Gasteiger charge is 2.35. The summed E-state index contributed by atoms with van der Waals surface area (Å²) in [6.07, 6.45) is 3.86. The number of amides is 1. The number of H-pyrrole nitrogens is 1. The largest absolute Gasteiger partial charge is 0.368 e. The van der Waals surface area contributed by atoms with Crippen molar-refractivity contribution in [2.75, 3.05) is 13.1 Å². The van der Waals surface area contributed by atoms with E-state index in [1.807, 2.05) is 6.07 Å². The summed E-state index contributed by atoms with van der Waals surface area (Å²) in [6.45, 7) is 0.922. The van der Waals surface area contributed by atoms with Gasteiger partial charge in [-0.25, -0.2) is 19.0 Å². The SMILES string of the molecule is O=C(N1CC(c2cccc(F)c2)C1)n1c(=O)[nH]c2c1=NC(C1CC1)NC=2. The number of rotatable bonds is 2. The Bertz CT molecular complexity index is 1060. The Labute approximate surface area is 147 Å². The topological polar surface area (TPSA) is 82.5 Å². The molecule has 2 aliphatic heterocycles. The van der Waals surface area contributed by atoms with Gasteiger partial charge in [0.1, 0.15) is 17.3 Å². The maximum Gasteiger partial charge on any atom is 0.336 e. The van der Waals surface area contributed by atoms with Crippen LogP contribution in [0.25, 0.3) is 6.20 Å². The molecule has 1 atom stereocenters. The lowest BCUT2D eigenvalue weighted by molar-refractivity contribution is 0.151. The molecule has 2 fully saturated rings. The molecule has 0 spiro atoms. The van der Waals surface area contributed by atoms with Crippen molar-refractivity contribution in [1.29, 1.82) is 0 Å². The Balaban J connectivity index is 1.40. The van der Waals surface area contributed by atoms with Crippen LogP contribution in [-0.2, 0) is 0 Å². The van der Waals surface area contributed by atoms with Gasteiger partial charge in [0.25, 0.3) is 0 Å². The quantitative estimate of drug-likeness (QED) is 0.800. The average Bonchev–Trinajstić information content (AvgIpc) is 3.35. The Hall–Kier alpha value is -2.90. The molecule has 2 N–H and O–H groups in total. The van der Waals surface area contributed by atoms with Gasteiger partial charge in [0.2, 0.25) is 0 Å². The predicted octanol–water partition coefficient (Wildman–Crippen LogP) is 0.0799. The van der Waals surface area contributed by atoms with Crippen LogP contribution in [0.5, 0.6) is 0 Å². The van der Waals surface area contributed by atoms with Gasteiger partial charge in [0, 0.05) is 25.2 Å². The lowest BCUT2D eigenvalue weighted by Gasteiger charge is -2.39. The second-order valence-corrected chi connectivity index (χ2v) is 7.16. The van der Waals surface area contributed by atoms with E-state index in [0.29, 0.717) is 29.8 Å². The van der Waals surface area contributed by atoms with Crippen molar-refractivity contribution < 1.29 is 9.18 Å². The van der Waals surface area contributed by atoms with Gasteiger partial charge >= 0.3 is 11.7 Å². The fourth-order valence-corrected chi connectivity index (χ4v) is 3.59. The Morgan fingerprint density at radius 2 is 2.08 bits per heavy atom. The van der Waals surface area contributed by atoms with Crippen LogP contribution in [0.1, 0.15) is 24.3 Å².